The number of amides is 2. The van der Waals surface area contributed by atoms with Crippen LogP contribution in [0.1, 0.15) is 12.8 Å². The molecule has 0 radical (unpaired) electrons. The van der Waals surface area contributed by atoms with Crippen molar-refractivity contribution in [3.63, 3.8) is 0 Å². The molecular formula is C23H30N6O. The maximum Gasteiger partial charge on any atom is 0.319 e. The number of carbonyl (C=O) groups excluding carboxylic acids is 1. The first-order valence-corrected chi connectivity index (χ1v) is 10.5. The van der Waals surface area contributed by atoms with Crippen LogP contribution in [0.5, 0.6) is 0 Å². The standard InChI is InChI=1S/C23H30N6O/c1-27(2)23-26-20-16-18(8-11-21(20)28(23)3)17-6-9-19(10-7-17)25-22(30)24-12-15-29-13-4-5-14-29/h6-11,16H,4-5,12-15H2,1-3H3,(H2,24,25,30). The molecule has 1 aromatic heterocycles. The highest BCUT2D eigenvalue weighted by Crippen LogP contribution is 2.27. The van der Waals surface area contributed by atoms with Gasteiger partial charge in [-0.3, -0.25) is 0 Å². The molecule has 7 nitrogen and oxygen atoms in total. The van der Waals surface area contributed by atoms with Gasteiger partial charge in [0.05, 0.1) is 11.0 Å². The molecule has 2 N–H and O–H groups in total. The average Bonchev–Trinajstić information content (AvgIpc) is 3.36. The monoisotopic (exact) mass is 406 g/mol. The second kappa shape index (κ2) is 8.75. The zero-order chi connectivity index (χ0) is 21.1. The number of likely N-dealkylation sites (tertiary alicyclic amines) is 1. The Morgan fingerprint density at radius 3 is 2.47 bits per heavy atom. The predicted molar refractivity (Wildman–Crippen MR) is 123 cm³/mol. The van der Waals surface area contributed by atoms with Gasteiger partial charge in [-0.05, 0) is 61.3 Å². The summed E-state index contributed by atoms with van der Waals surface area (Å²) >= 11 is 0. The molecule has 158 valence electrons. The normalized spacial score (nSPS) is 14.2. The van der Waals surface area contributed by atoms with Gasteiger partial charge in [0, 0.05) is 39.9 Å². The van der Waals surface area contributed by atoms with Crippen LogP contribution in [-0.4, -0.2) is 60.8 Å². The molecule has 0 unspecified atom stereocenters. The topological polar surface area (TPSA) is 65.4 Å². The summed E-state index contributed by atoms with van der Waals surface area (Å²) in [6.07, 6.45) is 2.53. The van der Waals surface area contributed by atoms with Crippen molar-refractivity contribution in [2.24, 2.45) is 7.05 Å². The molecule has 0 saturated carbocycles. The van der Waals surface area contributed by atoms with Crippen LogP contribution < -0.4 is 15.5 Å². The fourth-order valence-electron chi connectivity index (χ4n) is 4.02. The van der Waals surface area contributed by atoms with Crippen molar-refractivity contribution in [2.45, 2.75) is 12.8 Å². The Morgan fingerprint density at radius 1 is 1.07 bits per heavy atom. The van der Waals surface area contributed by atoms with Gasteiger partial charge in [0.1, 0.15) is 0 Å². The number of fused-ring (bicyclic) bond motifs is 1. The molecule has 30 heavy (non-hydrogen) atoms. The summed E-state index contributed by atoms with van der Waals surface area (Å²) in [5.74, 6) is 0.928. The maximum absolute atomic E-state index is 12.1. The van der Waals surface area contributed by atoms with Crippen molar-refractivity contribution in [1.29, 1.82) is 0 Å². The van der Waals surface area contributed by atoms with Gasteiger partial charge < -0.3 is 25.0 Å². The molecule has 2 heterocycles. The van der Waals surface area contributed by atoms with Crippen LogP contribution >= 0.6 is 0 Å². The lowest BCUT2D eigenvalue weighted by molar-refractivity contribution is 0.249. The number of benzene rings is 2. The first-order valence-electron chi connectivity index (χ1n) is 10.5. The summed E-state index contributed by atoms with van der Waals surface area (Å²) in [6.45, 7) is 3.87. The molecule has 0 aliphatic carbocycles. The van der Waals surface area contributed by atoms with Crippen LogP contribution in [0.3, 0.4) is 0 Å². The fraction of sp³-hybridized carbons (Fsp3) is 0.391. The third-order valence-electron chi connectivity index (χ3n) is 5.65. The predicted octanol–water partition coefficient (Wildman–Crippen LogP) is 3.52. The van der Waals surface area contributed by atoms with Gasteiger partial charge >= 0.3 is 6.03 Å². The summed E-state index contributed by atoms with van der Waals surface area (Å²) in [6, 6.07) is 14.1. The largest absolute Gasteiger partial charge is 0.348 e. The van der Waals surface area contributed by atoms with Crippen LogP contribution in [0.4, 0.5) is 16.4 Å². The third kappa shape index (κ3) is 4.41. The van der Waals surface area contributed by atoms with Gasteiger partial charge in [-0.15, -0.1) is 0 Å². The van der Waals surface area contributed by atoms with Gasteiger partial charge in [-0.2, -0.15) is 0 Å². The third-order valence-corrected chi connectivity index (χ3v) is 5.65. The number of aryl methyl sites for hydroxylation is 1. The van der Waals surface area contributed by atoms with Crippen molar-refractivity contribution in [1.82, 2.24) is 19.8 Å². The van der Waals surface area contributed by atoms with E-state index in [-0.39, 0.29) is 6.03 Å². The SMILES string of the molecule is CN(C)c1nc2cc(-c3ccc(NC(=O)NCCN4CCCC4)cc3)ccc2n1C. The molecule has 2 amide bonds. The molecule has 1 aliphatic rings. The Bertz CT molecular complexity index is 1020. The van der Waals surface area contributed by atoms with Crippen molar-refractivity contribution >= 4 is 28.7 Å². The number of imidazole rings is 1. The van der Waals surface area contributed by atoms with Gasteiger partial charge in [0.25, 0.3) is 0 Å². The molecule has 7 heteroatoms. The Morgan fingerprint density at radius 2 is 1.77 bits per heavy atom. The summed E-state index contributed by atoms with van der Waals surface area (Å²) in [7, 11) is 6.02. The summed E-state index contributed by atoms with van der Waals surface area (Å²) in [5, 5.41) is 5.84. The smallest absolute Gasteiger partial charge is 0.319 e. The Labute approximate surface area is 177 Å². The number of hydrogen-bond donors (Lipinski definition) is 2. The van der Waals surface area contributed by atoms with E-state index in [9.17, 15) is 4.79 Å². The molecule has 0 atom stereocenters. The zero-order valence-electron chi connectivity index (χ0n) is 18.0. The lowest BCUT2D eigenvalue weighted by atomic mass is 10.0. The number of rotatable bonds is 6. The molecule has 2 aromatic carbocycles. The van der Waals surface area contributed by atoms with Crippen LogP contribution in [0.15, 0.2) is 42.5 Å². The number of hydrogen-bond acceptors (Lipinski definition) is 4. The second-order valence-electron chi connectivity index (χ2n) is 8.08. The minimum absolute atomic E-state index is 0.159. The van der Waals surface area contributed by atoms with E-state index in [0.29, 0.717) is 6.54 Å². The molecular weight excluding hydrogens is 376 g/mol. The van der Waals surface area contributed by atoms with E-state index in [2.05, 4.69) is 38.3 Å². The first kappa shape index (κ1) is 20.2. The van der Waals surface area contributed by atoms with E-state index in [1.165, 1.54) is 12.8 Å². The highest BCUT2D eigenvalue weighted by Gasteiger charge is 2.12. The van der Waals surface area contributed by atoms with Gasteiger partial charge in [0.2, 0.25) is 5.95 Å². The molecule has 1 fully saturated rings. The second-order valence-corrected chi connectivity index (χ2v) is 8.08. The lowest BCUT2D eigenvalue weighted by Gasteiger charge is -2.15. The van der Waals surface area contributed by atoms with Crippen molar-refractivity contribution < 1.29 is 4.79 Å². The Hall–Kier alpha value is -3.06. The highest BCUT2D eigenvalue weighted by molar-refractivity contribution is 5.90. The number of nitrogens with one attached hydrogen (secondary N) is 2. The van der Waals surface area contributed by atoms with E-state index in [1.54, 1.807) is 0 Å². The Kier molecular flexibility index (Phi) is 5.90. The van der Waals surface area contributed by atoms with Gasteiger partial charge in [0.15, 0.2) is 0 Å². The number of aromatic nitrogens is 2. The number of urea groups is 1. The molecule has 0 bridgehead atoms. The van der Waals surface area contributed by atoms with Gasteiger partial charge in [-0.25, -0.2) is 9.78 Å². The minimum Gasteiger partial charge on any atom is -0.348 e. The number of nitrogens with zero attached hydrogens (tertiary/aromatic N) is 4. The molecule has 1 saturated heterocycles. The van der Waals surface area contributed by atoms with Crippen molar-refractivity contribution in [3.8, 4) is 11.1 Å². The van der Waals surface area contributed by atoms with E-state index >= 15 is 0 Å². The van der Waals surface area contributed by atoms with E-state index in [1.807, 2.05) is 50.3 Å². The summed E-state index contributed by atoms with van der Waals surface area (Å²) in [4.78, 5) is 21.2. The molecule has 0 spiro atoms. The maximum atomic E-state index is 12.1. The van der Waals surface area contributed by atoms with Crippen LogP contribution in [0, 0.1) is 0 Å². The summed E-state index contributed by atoms with van der Waals surface area (Å²) in [5.41, 5.74) is 5.05. The van der Waals surface area contributed by atoms with Crippen LogP contribution in [-0.2, 0) is 7.05 Å². The zero-order valence-corrected chi connectivity index (χ0v) is 18.0. The first-order chi connectivity index (χ1) is 14.5. The van der Waals surface area contributed by atoms with Crippen LogP contribution in [0.2, 0.25) is 0 Å². The van der Waals surface area contributed by atoms with Crippen molar-refractivity contribution in [3.05, 3.63) is 42.5 Å². The quantitative estimate of drug-likeness (QED) is 0.657. The van der Waals surface area contributed by atoms with E-state index in [0.717, 1.165) is 53.4 Å². The number of carbonyl (C=O) groups is 1. The number of anilines is 2. The summed E-state index contributed by atoms with van der Waals surface area (Å²) < 4.78 is 2.09. The van der Waals surface area contributed by atoms with Gasteiger partial charge in [-0.1, -0.05) is 18.2 Å². The van der Waals surface area contributed by atoms with E-state index in [4.69, 9.17) is 4.98 Å². The highest BCUT2D eigenvalue weighted by atomic mass is 16.2. The lowest BCUT2D eigenvalue weighted by Crippen LogP contribution is -2.35. The van der Waals surface area contributed by atoms with Crippen LogP contribution in [0.25, 0.3) is 22.2 Å². The fourth-order valence-corrected chi connectivity index (χ4v) is 4.02. The molecule has 3 aromatic rings. The molecule has 1 aliphatic heterocycles. The average molecular weight is 407 g/mol. The molecule has 4 rings (SSSR count). The van der Waals surface area contributed by atoms with E-state index < -0.39 is 0 Å². The Balaban J connectivity index is 1.38. The van der Waals surface area contributed by atoms with Crippen molar-refractivity contribution in [2.75, 3.05) is 50.5 Å². The minimum atomic E-state index is -0.159.